The maximum Gasteiger partial charge on any atom is 0.0468 e. The molecule has 8 rings (SSSR count). The molecule has 0 saturated heterocycles. The summed E-state index contributed by atoms with van der Waals surface area (Å²) in [7, 11) is 2.11. The first-order chi connectivity index (χ1) is 23.2. The Morgan fingerprint density at radius 1 is 0.277 bits per heavy atom. The molecule has 0 bridgehead atoms. The summed E-state index contributed by atoms with van der Waals surface area (Å²) in [6, 6.07) is 67.5. The van der Waals surface area contributed by atoms with Gasteiger partial charge in [-0.2, -0.15) is 0 Å². The van der Waals surface area contributed by atoms with Gasteiger partial charge < -0.3 is 9.80 Å². The predicted octanol–water partition coefficient (Wildman–Crippen LogP) is 12.6. The minimum absolute atomic E-state index is 1.12. The third kappa shape index (κ3) is 5.74. The Hall–Kier alpha value is -6.12. The van der Waals surface area contributed by atoms with Gasteiger partial charge in [0.05, 0.1) is 0 Å². The molecule has 8 aromatic rings. The number of benzene rings is 8. The van der Waals surface area contributed by atoms with Crippen LogP contribution in [0.4, 0.5) is 28.4 Å². The third-order valence-corrected chi connectivity index (χ3v) is 9.04. The monoisotopic (exact) mass is 602 g/mol. The van der Waals surface area contributed by atoms with E-state index < -0.39 is 0 Å². The van der Waals surface area contributed by atoms with Gasteiger partial charge in [0.15, 0.2) is 0 Å². The molecule has 0 spiro atoms. The van der Waals surface area contributed by atoms with E-state index in [1.165, 1.54) is 49.5 Å². The SMILES string of the molecule is CN(c1ccccc1)c1ccc(-c2ccc(N(c3ccccc3)c3ccc4cc(-c5ccc6ccccc6c5)ccc4c3)cc2)cc1. The van der Waals surface area contributed by atoms with Crippen molar-refractivity contribution in [2.75, 3.05) is 16.8 Å². The molecule has 0 aliphatic heterocycles. The quantitative estimate of drug-likeness (QED) is 0.179. The lowest BCUT2D eigenvalue weighted by molar-refractivity contribution is 1.21. The van der Waals surface area contributed by atoms with Gasteiger partial charge in [-0.3, -0.25) is 0 Å². The van der Waals surface area contributed by atoms with Crippen LogP contribution in [0, 0.1) is 0 Å². The van der Waals surface area contributed by atoms with Crippen molar-refractivity contribution in [3.05, 3.63) is 188 Å². The van der Waals surface area contributed by atoms with Crippen LogP contribution in [0.1, 0.15) is 0 Å². The first kappa shape index (κ1) is 28.4. The summed E-state index contributed by atoms with van der Waals surface area (Å²) < 4.78 is 0. The van der Waals surface area contributed by atoms with E-state index in [4.69, 9.17) is 0 Å². The summed E-state index contributed by atoms with van der Waals surface area (Å²) in [5, 5.41) is 4.97. The fourth-order valence-electron chi connectivity index (χ4n) is 6.43. The first-order valence-corrected chi connectivity index (χ1v) is 16.1. The van der Waals surface area contributed by atoms with Gasteiger partial charge in [-0.25, -0.2) is 0 Å². The van der Waals surface area contributed by atoms with Crippen LogP contribution in [-0.4, -0.2) is 7.05 Å². The molecule has 0 fully saturated rings. The average molecular weight is 603 g/mol. The highest BCUT2D eigenvalue weighted by Crippen LogP contribution is 2.38. The van der Waals surface area contributed by atoms with Crippen molar-refractivity contribution in [1.82, 2.24) is 0 Å². The summed E-state index contributed by atoms with van der Waals surface area (Å²) in [6.07, 6.45) is 0. The molecule has 0 amide bonds. The fraction of sp³-hybridized carbons (Fsp3) is 0.0222. The van der Waals surface area contributed by atoms with Gasteiger partial charge in [-0.05, 0) is 117 Å². The number of hydrogen-bond donors (Lipinski definition) is 0. The predicted molar refractivity (Wildman–Crippen MR) is 202 cm³/mol. The van der Waals surface area contributed by atoms with Gasteiger partial charge >= 0.3 is 0 Å². The van der Waals surface area contributed by atoms with Crippen molar-refractivity contribution in [2.24, 2.45) is 0 Å². The Labute approximate surface area is 276 Å². The zero-order chi connectivity index (χ0) is 31.6. The minimum atomic E-state index is 1.12. The van der Waals surface area contributed by atoms with Crippen molar-refractivity contribution >= 4 is 50.0 Å². The number of para-hydroxylation sites is 2. The second-order valence-corrected chi connectivity index (χ2v) is 12.0. The zero-order valence-corrected chi connectivity index (χ0v) is 26.3. The van der Waals surface area contributed by atoms with Crippen LogP contribution in [0.5, 0.6) is 0 Å². The zero-order valence-electron chi connectivity index (χ0n) is 26.3. The van der Waals surface area contributed by atoms with Crippen LogP contribution >= 0.6 is 0 Å². The molecule has 224 valence electrons. The highest BCUT2D eigenvalue weighted by atomic mass is 15.1. The van der Waals surface area contributed by atoms with Gasteiger partial charge in [0, 0.05) is 35.5 Å². The lowest BCUT2D eigenvalue weighted by Gasteiger charge is -2.26. The second-order valence-electron chi connectivity index (χ2n) is 12.0. The molecule has 0 N–H and O–H groups in total. The molecule has 0 aliphatic rings. The molecule has 2 nitrogen and oxygen atoms in total. The van der Waals surface area contributed by atoms with Crippen molar-refractivity contribution in [3.63, 3.8) is 0 Å². The molecule has 0 aliphatic carbocycles. The fourth-order valence-corrected chi connectivity index (χ4v) is 6.43. The van der Waals surface area contributed by atoms with Gasteiger partial charge in [0.1, 0.15) is 0 Å². The summed E-state index contributed by atoms with van der Waals surface area (Å²) >= 11 is 0. The van der Waals surface area contributed by atoms with E-state index in [1.807, 2.05) is 6.07 Å². The van der Waals surface area contributed by atoms with Crippen LogP contribution in [0.25, 0.3) is 43.8 Å². The van der Waals surface area contributed by atoms with Gasteiger partial charge in [0.25, 0.3) is 0 Å². The Morgan fingerprint density at radius 3 is 1.30 bits per heavy atom. The molecule has 0 aromatic heterocycles. The average Bonchev–Trinajstić information content (AvgIpc) is 3.15. The van der Waals surface area contributed by atoms with Crippen molar-refractivity contribution in [2.45, 2.75) is 0 Å². The first-order valence-electron chi connectivity index (χ1n) is 16.1. The summed E-state index contributed by atoms with van der Waals surface area (Å²) in [6.45, 7) is 0. The van der Waals surface area contributed by atoms with E-state index in [0.29, 0.717) is 0 Å². The topological polar surface area (TPSA) is 6.48 Å². The van der Waals surface area contributed by atoms with Crippen LogP contribution in [-0.2, 0) is 0 Å². The van der Waals surface area contributed by atoms with Crippen LogP contribution in [0.2, 0.25) is 0 Å². The molecule has 47 heavy (non-hydrogen) atoms. The maximum atomic E-state index is 2.33. The number of rotatable bonds is 7. The molecular weight excluding hydrogens is 569 g/mol. The van der Waals surface area contributed by atoms with Crippen molar-refractivity contribution < 1.29 is 0 Å². The highest BCUT2D eigenvalue weighted by molar-refractivity contribution is 5.94. The van der Waals surface area contributed by atoms with Crippen molar-refractivity contribution in [3.8, 4) is 22.3 Å². The van der Waals surface area contributed by atoms with E-state index >= 15 is 0 Å². The van der Waals surface area contributed by atoms with E-state index in [9.17, 15) is 0 Å². The maximum absolute atomic E-state index is 2.33. The Morgan fingerprint density at radius 2 is 0.660 bits per heavy atom. The standard InChI is InChI=1S/C45H34N2/c1-46(41-12-4-2-5-13-41)42-25-20-34(21-26-42)35-22-27-44(28-23-35)47(43-14-6-3-7-15-43)45-29-24-39-31-38(18-19-40(39)32-45)37-17-16-33-10-8-9-11-36(33)30-37/h2-32H,1H3. The summed E-state index contributed by atoms with van der Waals surface area (Å²) in [5.74, 6) is 0. The molecule has 0 unspecified atom stereocenters. The lowest BCUT2D eigenvalue weighted by Crippen LogP contribution is -2.09. The van der Waals surface area contributed by atoms with Gasteiger partial charge in [-0.15, -0.1) is 0 Å². The Kier molecular flexibility index (Phi) is 7.45. The van der Waals surface area contributed by atoms with E-state index in [1.54, 1.807) is 0 Å². The van der Waals surface area contributed by atoms with Crippen LogP contribution in [0.15, 0.2) is 188 Å². The second kappa shape index (κ2) is 12.3. The molecule has 8 aromatic carbocycles. The Balaban J connectivity index is 1.09. The molecule has 2 heteroatoms. The third-order valence-electron chi connectivity index (χ3n) is 9.04. The van der Waals surface area contributed by atoms with Crippen molar-refractivity contribution in [1.29, 1.82) is 0 Å². The normalized spacial score (nSPS) is 11.1. The minimum Gasteiger partial charge on any atom is -0.345 e. The van der Waals surface area contributed by atoms with Gasteiger partial charge in [-0.1, -0.05) is 115 Å². The van der Waals surface area contributed by atoms with E-state index in [2.05, 4.69) is 199 Å². The molecule has 0 atom stereocenters. The smallest absolute Gasteiger partial charge is 0.0468 e. The number of anilines is 5. The largest absolute Gasteiger partial charge is 0.345 e. The molecule has 0 radical (unpaired) electrons. The molecule has 0 heterocycles. The molecular formula is C45H34N2. The van der Waals surface area contributed by atoms with Crippen LogP contribution in [0.3, 0.4) is 0 Å². The number of hydrogen-bond acceptors (Lipinski definition) is 2. The summed E-state index contributed by atoms with van der Waals surface area (Å²) in [5.41, 5.74) is 10.6. The van der Waals surface area contributed by atoms with Gasteiger partial charge in [0.2, 0.25) is 0 Å². The van der Waals surface area contributed by atoms with E-state index in [0.717, 1.165) is 22.7 Å². The molecule has 0 saturated carbocycles. The highest BCUT2D eigenvalue weighted by Gasteiger charge is 2.14. The number of nitrogens with zero attached hydrogens (tertiary/aromatic N) is 2. The Bertz CT molecular complexity index is 2290. The van der Waals surface area contributed by atoms with E-state index in [-0.39, 0.29) is 0 Å². The van der Waals surface area contributed by atoms with Crippen LogP contribution < -0.4 is 9.80 Å². The lowest BCUT2D eigenvalue weighted by atomic mass is 9.98. The number of fused-ring (bicyclic) bond motifs is 2. The summed E-state index contributed by atoms with van der Waals surface area (Å²) in [4.78, 5) is 4.54.